The van der Waals surface area contributed by atoms with Crippen molar-refractivity contribution >= 4 is 39.6 Å². The minimum atomic E-state index is -0.971. The maximum atomic E-state index is 11.9. The molecule has 1 aromatic rings. The Kier molecular flexibility index (Phi) is 4.71. The van der Waals surface area contributed by atoms with E-state index in [0.717, 1.165) is 4.47 Å². The van der Waals surface area contributed by atoms with Gasteiger partial charge in [0, 0.05) is 10.2 Å². The maximum Gasteiger partial charge on any atom is 0.327 e. The van der Waals surface area contributed by atoms with Crippen molar-refractivity contribution in [2.24, 2.45) is 0 Å². The molecular weight excluding hydrogens is 334 g/mol. The average molecular weight is 346 g/mol. The van der Waals surface area contributed by atoms with Crippen molar-refractivity contribution in [1.82, 2.24) is 4.90 Å². The summed E-state index contributed by atoms with van der Waals surface area (Å²) < 4.78 is 6.22. The largest absolute Gasteiger partial charge is 0.484 e. The zero-order valence-corrected chi connectivity index (χ0v) is 12.3. The highest BCUT2D eigenvalue weighted by Crippen LogP contribution is 2.22. The van der Waals surface area contributed by atoms with Gasteiger partial charge in [0.15, 0.2) is 6.61 Å². The van der Waals surface area contributed by atoms with Gasteiger partial charge in [-0.1, -0.05) is 22.0 Å². The van der Waals surface area contributed by atoms with Crippen LogP contribution < -0.4 is 4.74 Å². The van der Waals surface area contributed by atoms with Crippen LogP contribution >= 0.6 is 27.7 Å². The SMILES string of the molecule is O=C(O)[C@@H]1CSCN1C(=O)COc1cccc(Br)c1. The molecule has 1 saturated heterocycles. The summed E-state index contributed by atoms with van der Waals surface area (Å²) in [6, 6.07) is 6.40. The van der Waals surface area contributed by atoms with Crippen molar-refractivity contribution in [3.63, 3.8) is 0 Å². The summed E-state index contributed by atoms with van der Waals surface area (Å²) >= 11 is 4.74. The van der Waals surface area contributed by atoms with Crippen LogP contribution in [-0.2, 0) is 9.59 Å². The number of carboxylic acids is 1. The van der Waals surface area contributed by atoms with Gasteiger partial charge < -0.3 is 14.7 Å². The van der Waals surface area contributed by atoms with E-state index >= 15 is 0 Å². The highest BCUT2D eigenvalue weighted by molar-refractivity contribution is 9.10. The lowest BCUT2D eigenvalue weighted by molar-refractivity contribution is -0.148. The van der Waals surface area contributed by atoms with Gasteiger partial charge in [0.2, 0.25) is 0 Å². The Morgan fingerprint density at radius 1 is 1.53 bits per heavy atom. The number of hydrogen-bond acceptors (Lipinski definition) is 4. The zero-order valence-electron chi connectivity index (χ0n) is 9.91. The second-order valence-electron chi connectivity index (χ2n) is 3.96. The molecule has 0 spiro atoms. The monoisotopic (exact) mass is 345 g/mol. The van der Waals surface area contributed by atoms with E-state index in [1.54, 1.807) is 18.2 Å². The standard InChI is InChI=1S/C12H12BrNO4S/c13-8-2-1-3-9(4-8)18-5-11(15)14-7-19-6-10(14)12(16)17/h1-4,10H,5-7H2,(H,16,17)/t10-/m0/s1. The van der Waals surface area contributed by atoms with Gasteiger partial charge in [0.25, 0.3) is 5.91 Å². The smallest absolute Gasteiger partial charge is 0.327 e. The summed E-state index contributed by atoms with van der Waals surface area (Å²) in [5.74, 6) is 0.120. The van der Waals surface area contributed by atoms with Crippen LogP contribution in [0.2, 0.25) is 0 Å². The van der Waals surface area contributed by atoms with Crippen LogP contribution in [0.5, 0.6) is 5.75 Å². The van der Waals surface area contributed by atoms with E-state index in [-0.39, 0.29) is 12.5 Å². The van der Waals surface area contributed by atoms with E-state index in [1.165, 1.54) is 16.7 Å². The first-order valence-electron chi connectivity index (χ1n) is 5.56. The molecule has 1 fully saturated rings. The topological polar surface area (TPSA) is 66.8 Å². The predicted octanol–water partition coefficient (Wildman–Crippen LogP) is 1.81. The first-order valence-corrected chi connectivity index (χ1v) is 7.51. The molecule has 0 saturated carbocycles. The van der Waals surface area contributed by atoms with Crippen molar-refractivity contribution in [3.05, 3.63) is 28.7 Å². The van der Waals surface area contributed by atoms with Crippen molar-refractivity contribution in [2.45, 2.75) is 6.04 Å². The second-order valence-corrected chi connectivity index (χ2v) is 5.88. The number of ether oxygens (including phenoxy) is 1. The van der Waals surface area contributed by atoms with Crippen molar-refractivity contribution in [2.75, 3.05) is 18.2 Å². The van der Waals surface area contributed by atoms with E-state index in [2.05, 4.69) is 15.9 Å². The minimum Gasteiger partial charge on any atom is -0.484 e. The first-order chi connectivity index (χ1) is 9.08. The Hall–Kier alpha value is -1.21. The Morgan fingerprint density at radius 3 is 3.00 bits per heavy atom. The third kappa shape index (κ3) is 3.63. The molecule has 7 heteroatoms. The van der Waals surface area contributed by atoms with E-state index in [1.807, 2.05) is 6.07 Å². The molecule has 1 heterocycles. The van der Waals surface area contributed by atoms with Gasteiger partial charge in [-0.05, 0) is 18.2 Å². The number of benzene rings is 1. The summed E-state index contributed by atoms with van der Waals surface area (Å²) in [7, 11) is 0. The summed E-state index contributed by atoms with van der Waals surface area (Å²) in [6.07, 6.45) is 0. The van der Waals surface area contributed by atoms with Gasteiger partial charge in [-0.25, -0.2) is 4.79 Å². The lowest BCUT2D eigenvalue weighted by Crippen LogP contribution is -2.43. The first kappa shape index (κ1) is 14.2. The van der Waals surface area contributed by atoms with Gasteiger partial charge >= 0.3 is 5.97 Å². The number of carboxylic acid groups (broad SMARTS) is 1. The maximum absolute atomic E-state index is 11.9. The lowest BCUT2D eigenvalue weighted by Gasteiger charge is -2.20. The number of carbonyl (C=O) groups excluding carboxylic acids is 1. The van der Waals surface area contributed by atoms with Crippen LogP contribution in [0.3, 0.4) is 0 Å². The van der Waals surface area contributed by atoms with Gasteiger partial charge in [0.1, 0.15) is 11.8 Å². The number of carbonyl (C=O) groups is 2. The van der Waals surface area contributed by atoms with Crippen LogP contribution in [0.4, 0.5) is 0 Å². The zero-order chi connectivity index (χ0) is 13.8. The third-order valence-electron chi connectivity index (χ3n) is 2.65. The summed E-state index contributed by atoms with van der Waals surface area (Å²) in [4.78, 5) is 24.3. The number of amides is 1. The number of nitrogens with zero attached hydrogens (tertiary/aromatic N) is 1. The fraction of sp³-hybridized carbons (Fsp3) is 0.333. The molecule has 1 aliphatic heterocycles. The fourth-order valence-corrected chi connectivity index (χ4v) is 3.23. The van der Waals surface area contributed by atoms with Crippen LogP contribution in [-0.4, -0.2) is 46.2 Å². The molecule has 1 atom stereocenters. The van der Waals surface area contributed by atoms with Crippen molar-refractivity contribution < 1.29 is 19.4 Å². The predicted molar refractivity (Wildman–Crippen MR) is 75.2 cm³/mol. The molecule has 0 unspecified atom stereocenters. The van der Waals surface area contributed by atoms with Crippen molar-refractivity contribution in [3.8, 4) is 5.75 Å². The van der Waals surface area contributed by atoms with Crippen LogP contribution in [0.15, 0.2) is 28.7 Å². The lowest BCUT2D eigenvalue weighted by atomic mass is 10.3. The minimum absolute atomic E-state index is 0.152. The number of halogens is 1. The molecule has 1 aliphatic rings. The van der Waals surface area contributed by atoms with Crippen LogP contribution in [0.25, 0.3) is 0 Å². The van der Waals surface area contributed by atoms with E-state index in [9.17, 15) is 9.59 Å². The molecular formula is C12H12BrNO4S. The molecule has 102 valence electrons. The Balaban J connectivity index is 1.92. The van der Waals surface area contributed by atoms with Gasteiger partial charge in [0.05, 0.1) is 5.88 Å². The molecule has 2 rings (SSSR count). The molecule has 1 aromatic carbocycles. The number of rotatable bonds is 4. The molecule has 0 aliphatic carbocycles. The van der Waals surface area contributed by atoms with E-state index < -0.39 is 12.0 Å². The van der Waals surface area contributed by atoms with E-state index in [0.29, 0.717) is 17.4 Å². The molecule has 1 N–H and O–H groups in total. The summed E-state index contributed by atoms with van der Waals surface area (Å²) in [5.41, 5.74) is 0. The molecule has 0 radical (unpaired) electrons. The normalized spacial score (nSPS) is 18.4. The number of thioether (sulfide) groups is 1. The highest BCUT2D eigenvalue weighted by Gasteiger charge is 2.34. The number of hydrogen-bond donors (Lipinski definition) is 1. The van der Waals surface area contributed by atoms with Gasteiger partial charge in [-0.3, -0.25) is 4.79 Å². The molecule has 5 nitrogen and oxygen atoms in total. The number of aliphatic carboxylic acids is 1. The van der Waals surface area contributed by atoms with E-state index in [4.69, 9.17) is 9.84 Å². The second kappa shape index (κ2) is 6.29. The quantitative estimate of drug-likeness (QED) is 0.901. The fourth-order valence-electron chi connectivity index (χ4n) is 1.68. The molecule has 1 amide bonds. The Labute approximate surface area is 123 Å². The third-order valence-corrected chi connectivity index (χ3v) is 4.15. The van der Waals surface area contributed by atoms with Crippen molar-refractivity contribution in [1.29, 1.82) is 0 Å². The molecule has 0 bridgehead atoms. The van der Waals surface area contributed by atoms with Crippen LogP contribution in [0, 0.1) is 0 Å². The Bertz CT molecular complexity index is 496. The molecule has 19 heavy (non-hydrogen) atoms. The average Bonchev–Trinajstić information content (AvgIpc) is 2.85. The Morgan fingerprint density at radius 2 is 2.32 bits per heavy atom. The summed E-state index contributed by atoms with van der Waals surface area (Å²) in [5, 5.41) is 9.00. The highest BCUT2D eigenvalue weighted by atomic mass is 79.9. The molecule has 0 aromatic heterocycles. The summed E-state index contributed by atoms with van der Waals surface area (Å²) in [6.45, 7) is -0.152. The van der Waals surface area contributed by atoms with Gasteiger partial charge in [-0.15, -0.1) is 11.8 Å². The van der Waals surface area contributed by atoms with Crippen LogP contribution in [0.1, 0.15) is 0 Å². The van der Waals surface area contributed by atoms with Gasteiger partial charge in [-0.2, -0.15) is 0 Å².